The van der Waals surface area contributed by atoms with E-state index in [1.807, 2.05) is 0 Å². The van der Waals surface area contributed by atoms with Crippen LogP contribution in [0, 0.1) is 11.8 Å². The van der Waals surface area contributed by atoms with Crippen LogP contribution in [0.5, 0.6) is 0 Å². The molecule has 0 spiro atoms. The van der Waals surface area contributed by atoms with Gasteiger partial charge in [0.1, 0.15) is 0 Å². The highest BCUT2D eigenvalue weighted by Crippen LogP contribution is 2.30. The van der Waals surface area contributed by atoms with Crippen LogP contribution in [-0.4, -0.2) is 13.1 Å². The molecule has 0 aromatic heterocycles. The number of rotatable bonds is 1. The van der Waals surface area contributed by atoms with Gasteiger partial charge >= 0.3 is 0 Å². The average molecular weight is 177 g/mol. The number of hydrogen-bond acceptors (Lipinski definition) is 1. The fourth-order valence-corrected chi connectivity index (χ4v) is 2.50. The van der Waals surface area contributed by atoms with Crippen molar-refractivity contribution in [1.29, 1.82) is 0 Å². The molecule has 72 valence electrons. The first-order valence-electron chi connectivity index (χ1n) is 5.44. The number of allylic oxidation sites excluding steroid dienone is 4. The van der Waals surface area contributed by atoms with E-state index in [-0.39, 0.29) is 0 Å². The lowest BCUT2D eigenvalue weighted by Gasteiger charge is -2.32. The van der Waals surface area contributed by atoms with E-state index in [4.69, 9.17) is 0 Å². The first-order chi connectivity index (χ1) is 6.38. The van der Waals surface area contributed by atoms with E-state index in [2.05, 4.69) is 30.5 Å². The zero-order chi connectivity index (χ0) is 9.10. The fraction of sp³-hybridized carbons (Fsp3) is 0.667. The molecule has 2 unspecified atom stereocenters. The summed E-state index contributed by atoms with van der Waals surface area (Å²) in [5, 5.41) is 3.46. The molecule has 1 saturated heterocycles. The van der Waals surface area contributed by atoms with Crippen molar-refractivity contribution in [3.8, 4) is 0 Å². The maximum Gasteiger partial charge on any atom is -0.00174 e. The van der Waals surface area contributed by atoms with Gasteiger partial charge in [-0.3, -0.25) is 0 Å². The molecule has 0 radical (unpaired) electrons. The minimum atomic E-state index is 0.825. The van der Waals surface area contributed by atoms with Gasteiger partial charge in [-0.2, -0.15) is 0 Å². The van der Waals surface area contributed by atoms with Crippen molar-refractivity contribution >= 4 is 0 Å². The smallest absolute Gasteiger partial charge is 0.00174 e. The van der Waals surface area contributed by atoms with Crippen molar-refractivity contribution in [2.24, 2.45) is 11.8 Å². The van der Waals surface area contributed by atoms with Crippen molar-refractivity contribution < 1.29 is 0 Å². The molecule has 0 saturated carbocycles. The van der Waals surface area contributed by atoms with Crippen LogP contribution >= 0.6 is 0 Å². The molecule has 1 heteroatoms. The quantitative estimate of drug-likeness (QED) is 0.649. The summed E-state index contributed by atoms with van der Waals surface area (Å²) in [4.78, 5) is 0. The monoisotopic (exact) mass is 177 g/mol. The second kappa shape index (κ2) is 4.10. The number of nitrogens with one attached hydrogen (secondary N) is 1. The summed E-state index contributed by atoms with van der Waals surface area (Å²) in [5.41, 5.74) is 1.69. The van der Waals surface area contributed by atoms with Crippen molar-refractivity contribution in [2.45, 2.75) is 26.2 Å². The molecule has 1 nitrogen and oxygen atoms in total. The predicted octanol–water partition coefficient (Wildman–Crippen LogP) is 2.51. The summed E-state index contributed by atoms with van der Waals surface area (Å²) in [7, 11) is 0. The number of hydrogen-bond donors (Lipinski definition) is 1. The van der Waals surface area contributed by atoms with Crippen LogP contribution < -0.4 is 5.32 Å². The summed E-state index contributed by atoms with van der Waals surface area (Å²) in [6.45, 7) is 4.78. The molecule has 0 bridgehead atoms. The largest absolute Gasteiger partial charge is 0.316 e. The maximum absolute atomic E-state index is 3.46. The molecule has 0 amide bonds. The first kappa shape index (κ1) is 9.01. The average Bonchev–Trinajstić information content (AvgIpc) is 2.20. The molecular weight excluding hydrogens is 158 g/mol. The van der Waals surface area contributed by atoms with Gasteiger partial charge in [0.05, 0.1) is 0 Å². The van der Waals surface area contributed by atoms with Crippen molar-refractivity contribution in [2.75, 3.05) is 13.1 Å². The predicted molar refractivity (Wildman–Crippen MR) is 56.6 cm³/mol. The molecule has 0 aromatic carbocycles. The number of piperidine rings is 1. The van der Waals surface area contributed by atoms with Gasteiger partial charge in [-0.25, -0.2) is 0 Å². The Labute approximate surface area is 80.9 Å². The Morgan fingerprint density at radius 1 is 1.46 bits per heavy atom. The lowest BCUT2D eigenvalue weighted by molar-refractivity contribution is 0.306. The molecule has 1 fully saturated rings. The molecule has 1 heterocycles. The van der Waals surface area contributed by atoms with Crippen LogP contribution in [0.15, 0.2) is 23.8 Å². The van der Waals surface area contributed by atoms with Crippen molar-refractivity contribution in [3.63, 3.8) is 0 Å². The molecule has 2 atom stereocenters. The highest BCUT2D eigenvalue weighted by atomic mass is 14.9. The molecule has 13 heavy (non-hydrogen) atoms. The Hall–Kier alpha value is -0.560. The van der Waals surface area contributed by atoms with Gasteiger partial charge in [0.25, 0.3) is 0 Å². The van der Waals surface area contributed by atoms with Gasteiger partial charge in [-0.05, 0) is 44.2 Å². The van der Waals surface area contributed by atoms with Crippen LogP contribution in [0.25, 0.3) is 0 Å². The van der Waals surface area contributed by atoms with Gasteiger partial charge in [-0.1, -0.05) is 30.7 Å². The summed E-state index contributed by atoms with van der Waals surface area (Å²) in [6, 6.07) is 0. The zero-order valence-corrected chi connectivity index (χ0v) is 8.42. The normalized spacial score (nSPS) is 34.4. The van der Waals surface area contributed by atoms with E-state index in [0.29, 0.717) is 0 Å². The third kappa shape index (κ3) is 2.02. The topological polar surface area (TPSA) is 12.0 Å². The highest BCUT2D eigenvalue weighted by Gasteiger charge is 2.23. The zero-order valence-electron chi connectivity index (χ0n) is 8.42. The van der Waals surface area contributed by atoms with Crippen molar-refractivity contribution in [3.05, 3.63) is 23.8 Å². The van der Waals surface area contributed by atoms with E-state index >= 15 is 0 Å². The van der Waals surface area contributed by atoms with Crippen LogP contribution in [0.3, 0.4) is 0 Å². The van der Waals surface area contributed by atoms with E-state index in [1.54, 1.807) is 5.57 Å². The lowest BCUT2D eigenvalue weighted by atomic mass is 9.79. The Morgan fingerprint density at radius 3 is 3.08 bits per heavy atom. The summed E-state index contributed by atoms with van der Waals surface area (Å²) < 4.78 is 0. The molecule has 1 aliphatic heterocycles. The Morgan fingerprint density at radius 2 is 2.38 bits per heavy atom. The Balaban J connectivity index is 2.05. The van der Waals surface area contributed by atoms with Gasteiger partial charge in [0.2, 0.25) is 0 Å². The lowest BCUT2D eigenvalue weighted by Crippen LogP contribution is -2.35. The molecule has 1 aliphatic carbocycles. The first-order valence-corrected chi connectivity index (χ1v) is 5.44. The Kier molecular flexibility index (Phi) is 2.84. The summed E-state index contributed by atoms with van der Waals surface area (Å²) >= 11 is 0. The van der Waals surface area contributed by atoms with Crippen LogP contribution in [-0.2, 0) is 0 Å². The minimum Gasteiger partial charge on any atom is -0.316 e. The fourth-order valence-electron chi connectivity index (χ4n) is 2.50. The molecule has 0 aromatic rings. The second-order valence-corrected chi connectivity index (χ2v) is 4.28. The minimum absolute atomic E-state index is 0.825. The third-order valence-electron chi connectivity index (χ3n) is 3.31. The van der Waals surface area contributed by atoms with E-state index in [9.17, 15) is 0 Å². The van der Waals surface area contributed by atoms with Crippen LogP contribution in [0.4, 0.5) is 0 Å². The van der Waals surface area contributed by atoms with Gasteiger partial charge in [0, 0.05) is 0 Å². The molecule has 2 rings (SSSR count). The van der Waals surface area contributed by atoms with E-state index < -0.39 is 0 Å². The SMILES string of the molecule is CC1CNCCC1C1=CC=CCC1. The molecule has 2 aliphatic rings. The third-order valence-corrected chi connectivity index (χ3v) is 3.31. The second-order valence-electron chi connectivity index (χ2n) is 4.28. The molecule has 1 N–H and O–H groups in total. The highest BCUT2D eigenvalue weighted by molar-refractivity contribution is 5.21. The summed E-state index contributed by atoms with van der Waals surface area (Å²) in [5.74, 6) is 1.68. The standard InChI is InChI=1S/C12H19N/c1-10-9-13-8-7-12(10)11-5-3-2-4-6-11/h2-3,5,10,12-13H,4,6-9H2,1H3. The Bertz CT molecular complexity index is 227. The van der Waals surface area contributed by atoms with Gasteiger partial charge in [0.15, 0.2) is 0 Å². The van der Waals surface area contributed by atoms with Crippen LogP contribution in [0.1, 0.15) is 26.2 Å². The van der Waals surface area contributed by atoms with E-state index in [0.717, 1.165) is 11.8 Å². The van der Waals surface area contributed by atoms with Gasteiger partial charge < -0.3 is 5.32 Å². The van der Waals surface area contributed by atoms with E-state index in [1.165, 1.54) is 32.4 Å². The molecular formula is C12H19N. The summed E-state index contributed by atoms with van der Waals surface area (Å²) in [6.07, 6.45) is 10.7. The van der Waals surface area contributed by atoms with Crippen molar-refractivity contribution in [1.82, 2.24) is 5.32 Å². The maximum atomic E-state index is 3.46. The van der Waals surface area contributed by atoms with Crippen LogP contribution in [0.2, 0.25) is 0 Å². The van der Waals surface area contributed by atoms with Gasteiger partial charge in [-0.15, -0.1) is 0 Å².